The molecule has 0 N–H and O–H groups in total. The van der Waals surface area contributed by atoms with Crippen LogP contribution in [0.15, 0.2) is 97.1 Å². The van der Waals surface area contributed by atoms with Crippen LogP contribution in [0.25, 0.3) is 10.8 Å². The molecular formula is C39H47NO7. The Kier molecular flexibility index (Phi) is 12.3. The molecule has 8 heteroatoms. The molecule has 0 saturated carbocycles. The first-order valence-electron chi connectivity index (χ1n) is 16.5. The van der Waals surface area contributed by atoms with Crippen LogP contribution in [0.5, 0.6) is 5.75 Å². The normalized spacial score (nSPS) is 18.6. The van der Waals surface area contributed by atoms with Crippen molar-refractivity contribution in [3.05, 3.63) is 114 Å². The van der Waals surface area contributed by atoms with Crippen molar-refractivity contribution < 1.29 is 33.3 Å². The Morgan fingerprint density at radius 3 is 2.19 bits per heavy atom. The Bertz CT molecular complexity index is 1540. The molecule has 250 valence electrons. The molecule has 1 aliphatic heterocycles. The maximum absolute atomic E-state index is 12.6. The highest BCUT2D eigenvalue weighted by molar-refractivity contribution is 5.82. The SMILES string of the molecule is CCO[C@@H]1CN(OC(=O)OC(C)(C)C)C[C@H](OCc2ccc3ccccc3c2)[C@H]1c1ccc(OCCCOCc2ccccc2)cc1. The number of carbonyl (C=O) groups excluding carboxylic acids is 1. The first kappa shape index (κ1) is 34.4. The van der Waals surface area contributed by atoms with Crippen LogP contribution in [0, 0.1) is 0 Å². The van der Waals surface area contributed by atoms with Crippen LogP contribution >= 0.6 is 0 Å². The maximum Gasteiger partial charge on any atom is 0.528 e. The van der Waals surface area contributed by atoms with Crippen molar-refractivity contribution in [2.45, 2.75) is 71.1 Å². The van der Waals surface area contributed by atoms with Crippen molar-refractivity contribution in [2.75, 3.05) is 32.9 Å². The van der Waals surface area contributed by atoms with Crippen molar-refractivity contribution in [1.29, 1.82) is 0 Å². The molecule has 4 aromatic carbocycles. The molecule has 47 heavy (non-hydrogen) atoms. The van der Waals surface area contributed by atoms with E-state index in [2.05, 4.69) is 54.6 Å². The smallest absolute Gasteiger partial charge is 0.494 e. The van der Waals surface area contributed by atoms with Gasteiger partial charge in [0.25, 0.3) is 0 Å². The van der Waals surface area contributed by atoms with Crippen molar-refractivity contribution in [3.63, 3.8) is 0 Å². The van der Waals surface area contributed by atoms with Crippen molar-refractivity contribution in [2.24, 2.45) is 0 Å². The van der Waals surface area contributed by atoms with Crippen molar-refractivity contribution >= 4 is 16.9 Å². The Labute approximate surface area is 278 Å². The molecule has 8 nitrogen and oxygen atoms in total. The van der Waals surface area contributed by atoms with Gasteiger partial charge in [-0.1, -0.05) is 78.9 Å². The number of fused-ring (bicyclic) bond motifs is 1. The minimum absolute atomic E-state index is 0.102. The molecule has 0 radical (unpaired) electrons. The molecule has 4 aromatic rings. The molecular weight excluding hydrogens is 594 g/mol. The molecule has 0 spiro atoms. The van der Waals surface area contributed by atoms with Gasteiger partial charge in [0.15, 0.2) is 0 Å². The molecule has 0 unspecified atom stereocenters. The summed E-state index contributed by atoms with van der Waals surface area (Å²) in [5.74, 6) is 0.693. The number of hydrogen-bond acceptors (Lipinski definition) is 8. The molecule has 3 atom stereocenters. The van der Waals surface area contributed by atoms with Gasteiger partial charge >= 0.3 is 6.16 Å². The lowest BCUT2D eigenvalue weighted by atomic mass is 9.85. The lowest BCUT2D eigenvalue weighted by Crippen LogP contribution is -2.53. The third kappa shape index (κ3) is 10.5. The fourth-order valence-electron chi connectivity index (χ4n) is 5.78. The number of hydrogen-bond donors (Lipinski definition) is 0. The summed E-state index contributed by atoms with van der Waals surface area (Å²) in [6.45, 7) is 10.8. The molecule has 0 bridgehead atoms. The molecule has 0 aromatic heterocycles. The standard InChI is InChI=1S/C39H47NO7/c1-5-43-35-25-40(47-38(41)46-39(2,3)4)26-36(45-28-30-16-17-31-14-9-10-15-33(31)24-30)37(35)32-18-20-34(21-19-32)44-23-11-22-42-27-29-12-7-6-8-13-29/h6-10,12-21,24,35-37H,5,11,22-23,25-28H2,1-4H3/t35-,36+,37+/m1/s1. The van der Waals surface area contributed by atoms with Gasteiger partial charge in [-0.2, -0.15) is 0 Å². The van der Waals surface area contributed by atoms with Gasteiger partial charge in [-0.25, -0.2) is 4.79 Å². The highest BCUT2D eigenvalue weighted by Gasteiger charge is 2.41. The second kappa shape index (κ2) is 16.7. The molecule has 1 saturated heterocycles. The zero-order chi connectivity index (χ0) is 33.1. The molecule has 0 amide bonds. The lowest BCUT2D eigenvalue weighted by molar-refractivity contribution is -0.207. The van der Waals surface area contributed by atoms with Gasteiger partial charge in [-0.05, 0) is 73.4 Å². The van der Waals surface area contributed by atoms with Gasteiger partial charge in [-0.3, -0.25) is 0 Å². The van der Waals surface area contributed by atoms with E-state index in [1.165, 1.54) is 5.39 Å². The van der Waals surface area contributed by atoms with Crippen LogP contribution < -0.4 is 4.74 Å². The zero-order valence-corrected chi connectivity index (χ0v) is 27.9. The topological polar surface area (TPSA) is 75.7 Å². The van der Waals surface area contributed by atoms with Gasteiger partial charge in [0.1, 0.15) is 11.4 Å². The monoisotopic (exact) mass is 641 g/mol. The Hall–Kier alpha value is -3.95. The third-order valence-electron chi connectivity index (χ3n) is 7.90. The maximum atomic E-state index is 12.6. The highest BCUT2D eigenvalue weighted by atomic mass is 16.8. The van der Waals surface area contributed by atoms with Crippen LogP contribution in [-0.2, 0) is 37.0 Å². The van der Waals surface area contributed by atoms with Crippen molar-refractivity contribution in [3.8, 4) is 5.75 Å². The molecule has 1 heterocycles. The largest absolute Gasteiger partial charge is 0.528 e. The summed E-state index contributed by atoms with van der Waals surface area (Å²) in [6.07, 6.45) is -0.567. The Balaban J connectivity index is 1.25. The molecule has 1 fully saturated rings. The number of piperidine rings is 1. The van der Waals surface area contributed by atoms with Crippen LogP contribution in [0.1, 0.15) is 56.7 Å². The van der Waals surface area contributed by atoms with E-state index in [0.717, 1.165) is 34.2 Å². The predicted molar refractivity (Wildman–Crippen MR) is 182 cm³/mol. The van der Waals surface area contributed by atoms with Crippen molar-refractivity contribution in [1.82, 2.24) is 5.06 Å². The third-order valence-corrected chi connectivity index (χ3v) is 7.90. The van der Waals surface area contributed by atoms with E-state index in [1.807, 2.05) is 70.2 Å². The summed E-state index contributed by atoms with van der Waals surface area (Å²) in [6, 6.07) is 32.9. The molecule has 0 aliphatic carbocycles. The number of benzene rings is 4. The summed E-state index contributed by atoms with van der Waals surface area (Å²) in [4.78, 5) is 18.3. The number of hydroxylamine groups is 2. The van der Waals surface area contributed by atoms with Crippen LogP contribution in [0.4, 0.5) is 4.79 Å². The minimum atomic E-state index is -0.744. The van der Waals surface area contributed by atoms with Gasteiger partial charge < -0.3 is 28.5 Å². The highest BCUT2D eigenvalue weighted by Crippen LogP contribution is 2.35. The Morgan fingerprint density at radius 2 is 1.47 bits per heavy atom. The minimum Gasteiger partial charge on any atom is -0.494 e. The van der Waals surface area contributed by atoms with E-state index in [1.54, 1.807) is 5.06 Å². The van der Waals surface area contributed by atoms with E-state index in [0.29, 0.717) is 46.1 Å². The van der Waals surface area contributed by atoms with Crippen LogP contribution in [0.2, 0.25) is 0 Å². The van der Waals surface area contributed by atoms with E-state index < -0.39 is 11.8 Å². The summed E-state index contributed by atoms with van der Waals surface area (Å²) in [5, 5.41) is 3.95. The summed E-state index contributed by atoms with van der Waals surface area (Å²) >= 11 is 0. The van der Waals surface area contributed by atoms with Crippen LogP contribution in [-0.4, -0.2) is 61.9 Å². The second-order valence-corrected chi connectivity index (χ2v) is 12.8. The summed E-state index contributed by atoms with van der Waals surface area (Å²) in [7, 11) is 0. The summed E-state index contributed by atoms with van der Waals surface area (Å²) < 4.78 is 30.1. The summed E-state index contributed by atoms with van der Waals surface area (Å²) in [5.41, 5.74) is 2.63. The fraction of sp³-hybridized carbons (Fsp3) is 0.410. The van der Waals surface area contributed by atoms with Crippen LogP contribution in [0.3, 0.4) is 0 Å². The van der Waals surface area contributed by atoms with E-state index in [-0.39, 0.29) is 18.1 Å². The fourth-order valence-corrected chi connectivity index (χ4v) is 5.78. The van der Waals surface area contributed by atoms with E-state index in [9.17, 15) is 4.79 Å². The van der Waals surface area contributed by atoms with E-state index >= 15 is 0 Å². The number of nitrogens with zero attached hydrogens (tertiary/aromatic N) is 1. The molecule has 1 aliphatic rings. The second-order valence-electron chi connectivity index (χ2n) is 12.8. The number of rotatable bonds is 14. The lowest BCUT2D eigenvalue weighted by Gasteiger charge is -2.42. The first-order valence-corrected chi connectivity index (χ1v) is 16.5. The van der Waals surface area contributed by atoms with Gasteiger partial charge in [0.2, 0.25) is 0 Å². The average Bonchev–Trinajstić information content (AvgIpc) is 3.05. The quantitative estimate of drug-likeness (QED) is 0.101. The first-order chi connectivity index (χ1) is 22.8. The van der Waals surface area contributed by atoms with Gasteiger partial charge in [0, 0.05) is 18.9 Å². The molecule has 5 rings (SSSR count). The van der Waals surface area contributed by atoms with E-state index in [4.69, 9.17) is 28.5 Å². The zero-order valence-electron chi connectivity index (χ0n) is 27.9. The average molecular weight is 642 g/mol. The van der Waals surface area contributed by atoms with Gasteiger partial charge in [-0.15, -0.1) is 5.06 Å². The van der Waals surface area contributed by atoms with Gasteiger partial charge in [0.05, 0.1) is 51.7 Å². The Morgan fingerprint density at radius 1 is 0.766 bits per heavy atom. The predicted octanol–water partition coefficient (Wildman–Crippen LogP) is 8.08. The number of ether oxygens (including phenoxy) is 5. The number of carbonyl (C=O) groups is 1.